The molecule has 160 valence electrons. The molecular formula is C21H37IN4O2. The number of aliphatic imine (C=N–C) groups is 1. The predicted octanol–water partition coefficient (Wildman–Crippen LogP) is 2.60. The summed E-state index contributed by atoms with van der Waals surface area (Å²) >= 11 is 0. The van der Waals surface area contributed by atoms with E-state index in [4.69, 9.17) is 9.73 Å². The van der Waals surface area contributed by atoms with Gasteiger partial charge in [0, 0.05) is 38.3 Å². The minimum Gasteiger partial charge on any atom is -0.396 e. The van der Waals surface area contributed by atoms with Crippen LogP contribution in [0.1, 0.15) is 37.8 Å². The number of guanidine groups is 1. The van der Waals surface area contributed by atoms with Crippen molar-refractivity contribution < 1.29 is 9.84 Å². The van der Waals surface area contributed by atoms with E-state index in [1.54, 1.807) is 0 Å². The molecule has 0 radical (unpaired) electrons. The van der Waals surface area contributed by atoms with Crippen LogP contribution in [0.25, 0.3) is 0 Å². The van der Waals surface area contributed by atoms with E-state index in [1.165, 1.54) is 11.1 Å². The molecule has 7 heteroatoms. The fourth-order valence-electron chi connectivity index (χ4n) is 3.34. The molecule has 1 aromatic carbocycles. The van der Waals surface area contributed by atoms with Crippen LogP contribution in [-0.4, -0.2) is 62.5 Å². The van der Waals surface area contributed by atoms with Crippen LogP contribution >= 0.6 is 24.0 Å². The lowest BCUT2D eigenvalue weighted by Gasteiger charge is -2.27. The Labute approximate surface area is 187 Å². The summed E-state index contributed by atoms with van der Waals surface area (Å²) in [5.74, 6) is 0.817. The molecule has 2 rings (SSSR count). The quantitative estimate of drug-likeness (QED) is 0.260. The minimum atomic E-state index is 0. The Bertz CT molecular complexity index is 592. The summed E-state index contributed by atoms with van der Waals surface area (Å²) in [7, 11) is 2.13. The molecule has 6 nitrogen and oxygen atoms in total. The first-order valence-corrected chi connectivity index (χ1v) is 10.1. The van der Waals surface area contributed by atoms with Gasteiger partial charge in [-0.15, -0.1) is 24.0 Å². The van der Waals surface area contributed by atoms with Crippen molar-refractivity contribution in [1.82, 2.24) is 15.5 Å². The maximum Gasteiger partial charge on any atom is 0.191 e. The molecule has 1 atom stereocenters. The Hall–Kier alpha value is -0.900. The number of halogens is 1. The van der Waals surface area contributed by atoms with E-state index >= 15 is 0 Å². The first kappa shape index (κ1) is 25.1. The van der Waals surface area contributed by atoms with E-state index < -0.39 is 0 Å². The molecule has 3 N–H and O–H groups in total. The van der Waals surface area contributed by atoms with Crippen LogP contribution < -0.4 is 10.6 Å². The van der Waals surface area contributed by atoms with Gasteiger partial charge in [-0.1, -0.05) is 31.2 Å². The summed E-state index contributed by atoms with van der Waals surface area (Å²) in [6.45, 7) is 10.1. The number of benzene rings is 1. The molecule has 1 aliphatic rings. The normalized spacial score (nSPS) is 19.5. The molecule has 0 amide bonds. The predicted molar refractivity (Wildman–Crippen MR) is 126 cm³/mol. The third-order valence-electron chi connectivity index (χ3n) is 5.21. The molecule has 1 unspecified atom stereocenters. The molecular weight excluding hydrogens is 467 g/mol. The van der Waals surface area contributed by atoms with Crippen LogP contribution in [0, 0.1) is 5.41 Å². The van der Waals surface area contributed by atoms with E-state index in [0.717, 1.165) is 51.6 Å². The number of nitrogens with one attached hydrogen (secondary N) is 2. The molecule has 0 aliphatic carbocycles. The third kappa shape index (κ3) is 8.23. The van der Waals surface area contributed by atoms with Crippen LogP contribution in [0.4, 0.5) is 0 Å². The van der Waals surface area contributed by atoms with Gasteiger partial charge in [-0.25, -0.2) is 4.99 Å². The van der Waals surface area contributed by atoms with Crippen molar-refractivity contribution in [3.63, 3.8) is 0 Å². The van der Waals surface area contributed by atoms with Gasteiger partial charge < -0.3 is 25.4 Å². The zero-order valence-corrected chi connectivity index (χ0v) is 19.9. The number of rotatable bonds is 10. The topological polar surface area (TPSA) is 69.1 Å². The molecule has 1 aromatic rings. The second kappa shape index (κ2) is 13.3. The molecule has 1 saturated heterocycles. The Morgan fingerprint density at radius 2 is 2.07 bits per heavy atom. The summed E-state index contributed by atoms with van der Waals surface area (Å²) < 4.78 is 5.57. The number of aliphatic hydroxyl groups is 1. The highest BCUT2D eigenvalue weighted by Crippen LogP contribution is 2.31. The maximum absolute atomic E-state index is 9.39. The summed E-state index contributed by atoms with van der Waals surface area (Å²) in [6.07, 6.45) is 1.74. The molecule has 0 bridgehead atoms. The van der Waals surface area contributed by atoms with Crippen molar-refractivity contribution in [3.8, 4) is 0 Å². The number of nitrogens with zero attached hydrogens (tertiary/aromatic N) is 2. The second-order valence-corrected chi connectivity index (χ2v) is 7.48. The lowest BCUT2D eigenvalue weighted by molar-refractivity contribution is 0.127. The van der Waals surface area contributed by atoms with Crippen molar-refractivity contribution in [2.75, 3.05) is 46.5 Å². The third-order valence-corrected chi connectivity index (χ3v) is 5.21. The van der Waals surface area contributed by atoms with E-state index in [1.807, 2.05) is 0 Å². The number of ether oxygens (including phenoxy) is 1. The van der Waals surface area contributed by atoms with Crippen LogP contribution in [0.15, 0.2) is 29.3 Å². The molecule has 1 aliphatic heterocycles. The number of hydrogen-bond donors (Lipinski definition) is 3. The summed E-state index contributed by atoms with van der Waals surface area (Å²) in [5, 5.41) is 16.2. The van der Waals surface area contributed by atoms with Gasteiger partial charge in [0.05, 0.1) is 13.2 Å². The average molecular weight is 504 g/mol. The molecule has 1 heterocycles. The van der Waals surface area contributed by atoms with E-state index in [-0.39, 0.29) is 36.0 Å². The smallest absolute Gasteiger partial charge is 0.191 e. The van der Waals surface area contributed by atoms with Gasteiger partial charge in [0.2, 0.25) is 0 Å². The molecule has 28 heavy (non-hydrogen) atoms. The summed E-state index contributed by atoms with van der Waals surface area (Å²) in [5.41, 5.74) is 2.54. The van der Waals surface area contributed by atoms with Gasteiger partial charge >= 0.3 is 0 Å². The molecule has 0 aromatic heterocycles. The first-order chi connectivity index (χ1) is 13.1. The fraction of sp³-hybridized carbons (Fsp3) is 0.667. The first-order valence-electron chi connectivity index (χ1n) is 10.1. The van der Waals surface area contributed by atoms with Crippen LogP contribution in [0.3, 0.4) is 0 Å². The van der Waals surface area contributed by atoms with E-state index in [0.29, 0.717) is 13.2 Å². The average Bonchev–Trinajstić information content (AvgIpc) is 3.13. The molecule has 1 fully saturated rings. The van der Waals surface area contributed by atoms with Crippen molar-refractivity contribution in [2.45, 2.75) is 39.8 Å². The van der Waals surface area contributed by atoms with Gasteiger partial charge in [0.15, 0.2) is 5.96 Å². The zero-order valence-electron chi connectivity index (χ0n) is 17.5. The monoisotopic (exact) mass is 504 g/mol. The summed E-state index contributed by atoms with van der Waals surface area (Å²) in [4.78, 5) is 7.04. The number of aliphatic hydroxyl groups excluding tert-OH is 1. The second-order valence-electron chi connectivity index (χ2n) is 7.48. The molecule has 0 saturated carbocycles. The van der Waals surface area contributed by atoms with Gasteiger partial charge in [0.25, 0.3) is 0 Å². The fourth-order valence-corrected chi connectivity index (χ4v) is 3.34. The highest BCUT2D eigenvalue weighted by atomic mass is 127. The van der Waals surface area contributed by atoms with Crippen LogP contribution in [0.2, 0.25) is 0 Å². The SMILES string of the molecule is CCNC(=NCc1cccc(CN(C)CC)c1)NCC1(CCO)CCOC1.I. The maximum atomic E-state index is 9.39. The van der Waals surface area contributed by atoms with Gasteiger partial charge in [0.1, 0.15) is 0 Å². The highest BCUT2D eigenvalue weighted by molar-refractivity contribution is 14.0. The molecule has 0 spiro atoms. The standard InChI is InChI=1S/C21H36N4O2.HI/c1-4-22-20(24-16-21(9-11-26)10-12-27-17-21)23-14-18-7-6-8-19(13-18)15-25(3)5-2;/h6-8,13,26H,4-5,9-12,14-17H2,1-3H3,(H2,22,23,24);1H. The van der Waals surface area contributed by atoms with Gasteiger partial charge in [-0.2, -0.15) is 0 Å². The van der Waals surface area contributed by atoms with Crippen molar-refractivity contribution >= 4 is 29.9 Å². The largest absolute Gasteiger partial charge is 0.396 e. The highest BCUT2D eigenvalue weighted by Gasteiger charge is 2.34. The Morgan fingerprint density at radius 1 is 1.29 bits per heavy atom. The Balaban J connectivity index is 0.00000392. The number of hydrogen-bond acceptors (Lipinski definition) is 4. The van der Waals surface area contributed by atoms with Crippen molar-refractivity contribution in [2.24, 2.45) is 10.4 Å². The lowest BCUT2D eigenvalue weighted by atomic mass is 9.84. The van der Waals surface area contributed by atoms with E-state index in [9.17, 15) is 5.11 Å². The van der Waals surface area contributed by atoms with E-state index in [2.05, 4.69) is 60.7 Å². The van der Waals surface area contributed by atoms with Crippen LogP contribution in [0.5, 0.6) is 0 Å². The minimum absolute atomic E-state index is 0. The van der Waals surface area contributed by atoms with Crippen LogP contribution in [-0.2, 0) is 17.8 Å². The summed E-state index contributed by atoms with van der Waals surface area (Å²) in [6, 6.07) is 8.63. The Morgan fingerprint density at radius 3 is 2.71 bits per heavy atom. The zero-order chi connectivity index (χ0) is 19.5. The van der Waals surface area contributed by atoms with Crippen molar-refractivity contribution in [1.29, 1.82) is 0 Å². The Kier molecular flexibility index (Phi) is 12.0. The lowest BCUT2D eigenvalue weighted by Crippen LogP contribution is -2.44. The van der Waals surface area contributed by atoms with Gasteiger partial charge in [-0.3, -0.25) is 0 Å². The van der Waals surface area contributed by atoms with Gasteiger partial charge in [-0.05, 0) is 44.5 Å². The van der Waals surface area contributed by atoms with Crippen molar-refractivity contribution in [3.05, 3.63) is 35.4 Å².